The zero-order chi connectivity index (χ0) is 9.68. The van der Waals surface area contributed by atoms with Crippen molar-refractivity contribution in [3.05, 3.63) is 35.4 Å². The van der Waals surface area contributed by atoms with E-state index < -0.39 is 0 Å². The molecule has 0 heterocycles. The topological polar surface area (TPSA) is 37.3 Å². The third kappa shape index (κ3) is 2.64. The van der Waals surface area contributed by atoms with Gasteiger partial charge in [-0.25, -0.2) is 0 Å². The minimum Gasteiger partial charge on any atom is -0.392 e. The molecule has 70 valence electrons. The van der Waals surface area contributed by atoms with Crippen molar-refractivity contribution in [2.75, 3.05) is 5.33 Å². The third-order valence-corrected chi connectivity index (χ3v) is 2.62. The molecular formula is C10H11BrO2. The first-order valence-electron chi connectivity index (χ1n) is 4.02. The van der Waals surface area contributed by atoms with Gasteiger partial charge in [0.25, 0.3) is 0 Å². The van der Waals surface area contributed by atoms with Crippen LogP contribution in [0.2, 0.25) is 0 Å². The van der Waals surface area contributed by atoms with Crippen LogP contribution in [0.15, 0.2) is 24.3 Å². The fraction of sp³-hybridized carbons (Fsp3) is 0.300. The van der Waals surface area contributed by atoms with Crippen LogP contribution in [0.3, 0.4) is 0 Å². The minimum absolute atomic E-state index is 0.0420. The number of aliphatic hydroxyl groups is 1. The molecule has 0 fully saturated rings. The van der Waals surface area contributed by atoms with Gasteiger partial charge in [-0.15, -0.1) is 0 Å². The Morgan fingerprint density at radius 1 is 1.38 bits per heavy atom. The van der Waals surface area contributed by atoms with E-state index in [2.05, 4.69) is 15.9 Å². The molecule has 0 saturated heterocycles. The van der Waals surface area contributed by atoms with Gasteiger partial charge in [0.1, 0.15) is 6.29 Å². The molecule has 0 bridgehead atoms. The maximum absolute atomic E-state index is 10.6. The fourth-order valence-corrected chi connectivity index (χ4v) is 1.60. The van der Waals surface area contributed by atoms with Crippen LogP contribution in [0.4, 0.5) is 0 Å². The van der Waals surface area contributed by atoms with Crippen LogP contribution in [0.1, 0.15) is 17.0 Å². The lowest BCUT2D eigenvalue weighted by Crippen LogP contribution is -2.01. The molecule has 0 radical (unpaired) electrons. The van der Waals surface area contributed by atoms with Crippen LogP contribution >= 0.6 is 15.9 Å². The molecule has 2 nitrogen and oxygen atoms in total. The van der Waals surface area contributed by atoms with Crippen molar-refractivity contribution < 1.29 is 9.90 Å². The Bertz CT molecular complexity index is 269. The molecule has 13 heavy (non-hydrogen) atoms. The normalized spacial score (nSPS) is 12.5. The summed E-state index contributed by atoms with van der Waals surface area (Å²) in [6, 6.07) is 7.39. The highest BCUT2D eigenvalue weighted by Crippen LogP contribution is 2.16. The van der Waals surface area contributed by atoms with Crippen molar-refractivity contribution in [1.82, 2.24) is 0 Å². The van der Waals surface area contributed by atoms with Crippen LogP contribution in [0.5, 0.6) is 0 Å². The summed E-state index contributed by atoms with van der Waals surface area (Å²) < 4.78 is 0. The Morgan fingerprint density at radius 2 is 2.00 bits per heavy atom. The van der Waals surface area contributed by atoms with E-state index in [1.54, 1.807) is 0 Å². The molecule has 1 aromatic rings. The van der Waals surface area contributed by atoms with Crippen molar-refractivity contribution in [2.45, 2.75) is 12.5 Å². The molecule has 1 rings (SSSR count). The average Bonchev–Trinajstić information content (AvgIpc) is 2.21. The highest BCUT2D eigenvalue weighted by Gasteiger charge is 2.07. The lowest BCUT2D eigenvalue weighted by molar-refractivity contribution is -0.108. The zero-order valence-electron chi connectivity index (χ0n) is 7.11. The Labute approximate surface area is 85.7 Å². The summed E-state index contributed by atoms with van der Waals surface area (Å²) >= 11 is 3.27. The predicted octanol–water partition coefficient (Wildman–Crippen LogP) is 1.86. The first-order chi connectivity index (χ1) is 6.31. The minimum atomic E-state index is -0.0901. The summed E-state index contributed by atoms with van der Waals surface area (Å²) in [4.78, 5) is 10.6. The number of carbonyl (C=O) groups excluding carboxylic acids is 1. The molecule has 1 atom stereocenters. The van der Waals surface area contributed by atoms with Crippen molar-refractivity contribution in [3.63, 3.8) is 0 Å². The van der Waals surface area contributed by atoms with Crippen LogP contribution in [0.25, 0.3) is 0 Å². The lowest BCUT2D eigenvalue weighted by Gasteiger charge is -2.06. The standard InChI is InChI=1S/C10H11BrO2/c11-5-10(7-13)9-3-1-8(6-12)2-4-9/h1-4,7,10,12H,5-6H2. The van der Waals surface area contributed by atoms with E-state index in [4.69, 9.17) is 5.11 Å². The van der Waals surface area contributed by atoms with Crippen molar-refractivity contribution in [1.29, 1.82) is 0 Å². The van der Waals surface area contributed by atoms with E-state index in [9.17, 15) is 4.79 Å². The summed E-state index contributed by atoms with van der Waals surface area (Å²) in [6.07, 6.45) is 0.919. The quantitative estimate of drug-likeness (QED) is 0.647. The predicted molar refractivity (Wildman–Crippen MR) is 55.0 cm³/mol. The number of benzene rings is 1. The van der Waals surface area contributed by atoms with Crippen LogP contribution in [0, 0.1) is 0 Å². The maximum Gasteiger partial charge on any atom is 0.128 e. The molecule has 1 aromatic carbocycles. The van der Waals surface area contributed by atoms with Crippen molar-refractivity contribution in [2.24, 2.45) is 0 Å². The SMILES string of the molecule is O=CC(CBr)c1ccc(CO)cc1. The Hall–Kier alpha value is -0.670. The largest absolute Gasteiger partial charge is 0.392 e. The van der Waals surface area contributed by atoms with Gasteiger partial charge < -0.3 is 9.90 Å². The molecule has 0 amide bonds. The molecular weight excluding hydrogens is 232 g/mol. The van der Waals surface area contributed by atoms with E-state index in [1.165, 1.54) is 0 Å². The molecule has 0 aliphatic carbocycles. The summed E-state index contributed by atoms with van der Waals surface area (Å²) in [6.45, 7) is 0.0420. The van der Waals surface area contributed by atoms with Gasteiger partial charge in [0.15, 0.2) is 0 Å². The second kappa shape index (κ2) is 5.14. The molecule has 3 heteroatoms. The van der Waals surface area contributed by atoms with Gasteiger partial charge in [0, 0.05) is 11.2 Å². The van der Waals surface area contributed by atoms with E-state index >= 15 is 0 Å². The highest BCUT2D eigenvalue weighted by molar-refractivity contribution is 9.09. The highest BCUT2D eigenvalue weighted by atomic mass is 79.9. The number of halogens is 1. The Balaban J connectivity index is 2.83. The molecule has 1 N–H and O–H groups in total. The first-order valence-corrected chi connectivity index (χ1v) is 5.15. The van der Waals surface area contributed by atoms with Crippen LogP contribution < -0.4 is 0 Å². The number of aldehydes is 1. The summed E-state index contributed by atoms with van der Waals surface area (Å²) in [7, 11) is 0. The number of aliphatic hydroxyl groups excluding tert-OH is 1. The number of hydrogen-bond acceptors (Lipinski definition) is 2. The van der Waals surface area contributed by atoms with E-state index in [1.807, 2.05) is 24.3 Å². The van der Waals surface area contributed by atoms with Crippen LogP contribution in [-0.4, -0.2) is 16.7 Å². The molecule has 1 unspecified atom stereocenters. The number of hydrogen-bond donors (Lipinski definition) is 1. The van der Waals surface area contributed by atoms with Crippen molar-refractivity contribution >= 4 is 22.2 Å². The molecule has 0 saturated carbocycles. The van der Waals surface area contributed by atoms with Crippen molar-refractivity contribution in [3.8, 4) is 0 Å². The smallest absolute Gasteiger partial charge is 0.128 e. The lowest BCUT2D eigenvalue weighted by atomic mass is 10.0. The Kier molecular flexibility index (Phi) is 4.12. The molecule has 0 aromatic heterocycles. The third-order valence-electron chi connectivity index (χ3n) is 1.92. The Morgan fingerprint density at radius 3 is 2.38 bits per heavy atom. The maximum atomic E-state index is 10.6. The second-order valence-electron chi connectivity index (χ2n) is 2.80. The zero-order valence-corrected chi connectivity index (χ0v) is 8.70. The number of rotatable bonds is 4. The van der Waals surface area contributed by atoms with Gasteiger partial charge in [-0.05, 0) is 11.1 Å². The van der Waals surface area contributed by atoms with Gasteiger partial charge in [0.2, 0.25) is 0 Å². The van der Waals surface area contributed by atoms with Gasteiger partial charge in [-0.1, -0.05) is 40.2 Å². The van der Waals surface area contributed by atoms with Crippen LogP contribution in [-0.2, 0) is 11.4 Å². The van der Waals surface area contributed by atoms with E-state index in [0.29, 0.717) is 5.33 Å². The van der Waals surface area contributed by atoms with E-state index in [0.717, 1.165) is 17.4 Å². The monoisotopic (exact) mass is 242 g/mol. The van der Waals surface area contributed by atoms with Gasteiger partial charge in [-0.2, -0.15) is 0 Å². The second-order valence-corrected chi connectivity index (χ2v) is 3.44. The summed E-state index contributed by atoms with van der Waals surface area (Å²) in [5.41, 5.74) is 1.84. The molecule has 0 aliphatic rings. The van der Waals surface area contributed by atoms with E-state index in [-0.39, 0.29) is 12.5 Å². The first kappa shape index (κ1) is 10.4. The van der Waals surface area contributed by atoms with Gasteiger partial charge in [-0.3, -0.25) is 0 Å². The molecule has 0 spiro atoms. The fourth-order valence-electron chi connectivity index (χ4n) is 1.07. The number of carbonyl (C=O) groups is 1. The van der Waals surface area contributed by atoms with Gasteiger partial charge in [0.05, 0.1) is 6.61 Å². The average molecular weight is 243 g/mol. The number of alkyl halides is 1. The summed E-state index contributed by atoms with van der Waals surface area (Å²) in [5, 5.41) is 9.44. The molecule has 0 aliphatic heterocycles. The summed E-state index contributed by atoms with van der Waals surface area (Å²) in [5.74, 6) is -0.0901. The van der Waals surface area contributed by atoms with Gasteiger partial charge >= 0.3 is 0 Å².